The molecule has 0 fully saturated rings. The fourth-order valence-corrected chi connectivity index (χ4v) is 6.34. The van der Waals surface area contributed by atoms with Crippen LogP contribution in [0.5, 0.6) is 0 Å². The zero-order chi connectivity index (χ0) is 27.4. The Bertz CT molecular complexity index is 2020. The quantitative estimate of drug-likeness (QED) is 0.196. The minimum Gasteiger partial charge on any atom is -0.296 e. The van der Waals surface area contributed by atoms with Crippen LogP contribution in [0.2, 0.25) is 0 Å². The zero-order valence-electron chi connectivity index (χ0n) is 21.8. The Labute approximate surface area is 246 Å². The van der Waals surface area contributed by atoms with E-state index >= 15 is 0 Å². The van der Waals surface area contributed by atoms with E-state index in [0.717, 1.165) is 75.9 Å². The van der Waals surface area contributed by atoms with E-state index in [1.54, 1.807) is 0 Å². The predicted octanol–water partition coefficient (Wildman–Crippen LogP) is 9.11. The Morgan fingerprint density at radius 3 is 1.32 bits per heavy atom. The van der Waals surface area contributed by atoms with Gasteiger partial charge < -0.3 is 0 Å². The molecule has 4 aromatic heterocycles. The molecule has 0 atom stereocenters. The van der Waals surface area contributed by atoms with Gasteiger partial charge in [-0.05, 0) is 50.2 Å². The van der Waals surface area contributed by atoms with Crippen LogP contribution in [0, 0.1) is 13.8 Å². The average Bonchev–Trinajstić information content (AvgIpc) is 3.67. The van der Waals surface area contributed by atoms with Gasteiger partial charge in [-0.25, -0.2) is 19.0 Å². The van der Waals surface area contributed by atoms with Gasteiger partial charge in [0.15, 0.2) is 11.3 Å². The normalized spacial score (nSPS) is 11.5. The van der Waals surface area contributed by atoms with E-state index in [4.69, 9.17) is 9.97 Å². The van der Waals surface area contributed by atoms with Gasteiger partial charge in [0.05, 0.1) is 22.1 Å². The monoisotopic (exact) mass is 650 g/mol. The van der Waals surface area contributed by atoms with Crippen LogP contribution in [0.4, 0.5) is 0 Å². The largest absolute Gasteiger partial charge is 0.296 e. The number of aromatic amines is 2. The molecule has 0 aliphatic heterocycles. The Morgan fingerprint density at radius 1 is 0.525 bits per heavy atom. The number of H-pyrrole nitrogens is 2. The second-order valence-electron chi connectivity index (χ2n) is 9.70. The second-order valence-corrected chi connectivity index (χ2v) is 11.4. The van der Waals surface area contributed by atoms with Gasteiger partial charge >= 0.3 is 0 Å². The molecular weight excluding hydrogens is 628 g/mol. The molecule has 0 aliphatic rings. The molecule has 6 nitrogen and oxygen atoms in total. The van der Waals surface area contributed by atoms with Gasteiger partial charge in [0.1, 0.15) is 0 Å². The molecule has 2 N–H and O–H groups in total. The van der Waals surface area contributed by atoms with Crippen LogP contribution in [0.1, 0.15) is 11.4 Å². The zero-order valence-corrected chi connectivity index (χ0v) is 25.0. The van der Waals surface area contributed by atoms with Crippen molar-refractivity contribution >= 4 is 65.2 Å². The van der Waals surface area contributed by atoms with Crippen molar-refractivity contribution in [3.8, 4) is 22.3 Å². The van der Waals surface area contributed by atoms with Gasteiger partial charge in [-0.15, -0.1) is 0 Å². The third kappa shape index (κ3) is 3.98. The number of aryl methyl sites for hydroxylation is 2. The van der Waals surface area contributed by atoms with Crippen molar-refractivity contribution in [2.75, 3.05) is 0 Å². The molecule has 4 heterocycles. The molecular formula is C32H24Br2N6. The number of hydrogen-bond donors (Lipinski definition) is 2. The molecule has 196 valence electrons. The number of para-hydroxylation sites is 4. The lowest BCUT2D eigenvalue weighted by Crippen LogP contribution is -1.83. The number of fused-ring (bicyclic) bond motifs is 6. The summed E-state index contributed by atoms with van der Waals surface area (Å²) in [4.78, 5) is 9.53. The van der Waals surface area contributed by atoms with Gasteiger partial charge in [-0.3, -0.25) is 10.2 Å². The molecule has 40 heavy (non-hydrogen) atoms. The van der Waals surface area contributed by atoms with E-state index in [9.17, 15) is 0 Å². The molecule has 0 saturated heterocycles. The Balaban J connectivity index is 0.000000132. The standard InChI is InChI=1S/2C16H12BrN3/c2*1-10-15(11-6-2-3-7-12(11)17)16-18-13-8-4-5-9-14(13)20(16)19-10/h2*2-9,19H,1H3. The van der Waals surface area contributed by atoms with Crippen LogP contribution in [0.25, 0.3) is 55.6 Å². The highest BCUT2D eigenvalue weighted by Crippen LogP contribution is 2.36. The molecule has 0 radical (unpaired) electrons. The molecule has 0 spiro atoms. The molecule has 0 bridgehead atoms. The topological polar surface area (TPSA) is 66.2 Å². The van der Waals surface area contributed by atoms with Crippen LogP contribution >= 0.6 is 31.9 Å². The lowest BCUT2D eigenvalue weighted by Gasteiger charge is -2.02. The van der Waals surface area contributed by atoms with Crippen molar-refractivity contribution in [2.45, 2.75) is 13.8 Å². The van der Waals surface area contributed by atoms with E-state index in [1.807, 2.05) is 60.7 Å². The molecule has 0 aliphatic carbocycles. The summed E-state index contributed by atoms with van der Waals surface area (Å²) in [6, 6.07) is 32.8. The fraction of sp³-hybridized carbons (Fsp3) is 0.0625. The van der Waals surface area contributed by atoms with Crippen LogP contribution in [0.3, 0.4) is 0 Å². The smallest absolute Gasteiger partial charge is 0.162 e. The number of imidazole rings is 2. The maximum atomic E-state index is 4.76. The van der Waals surface area contributed by atoms with Crippen LogP contribution in [-0.4, -0.2) is 29.2 Å². The highest BCUT2D eigenvalue weighted by molar-refractivity contribution is 9.11. The lowest BCUT2D eigenvalue weighted by atomic mass is 10.1. The number of halogens is 2. The molecule has 8 heteroatoms. The SMILES string of the molecule is Cc1[nH]n2c(nc3ccccc32)c1-c1ccccc1Br.Cc1[nH]n2c(nc3ccccc32)c1-c1ccccc1Br. The Hall–Kier alpha value is -4.14. The van der Waals surface area contributed by atoms with Crippen molar-refractivity contribution in [3.63, 3.8) is 0 Å². The maximum Gasteiger partial charge on any atom is 0.162 e. The first-order valence-corrected chi connectivity index (χ1v) is 14.5. The first kappa shape index (κ1) is 24.9. The van der Waals surface area contributed by atoms with E-state index < -0.39 is 0 Å². The van der Waals surface area contributed by atoms with Crippen LogP contribution < -0.4 is 0 Å². The minimum absolute atomic E-state index is 0.968. The van der Waals surface area contributed by atoms with Gasteiger partial charge in [0.2, 0.25) is 0 Å². The molecule has 0 amide bonds. The number of hydrogen-bond acceptors (Lipinski definition) is 2. The molecule has 4 aromatic carbocycles. The van der Waals surface area contributed by atoms with Gasteiger partial charge in [-0.2, -0.15) is 0 Å². The highest BCUT2D eigenvalue weighted by atomic mass is 79.9. The first-order chi connectivity index (χ1) is 19.5. The summed E-state index contributed by atoms with van der Waals surface area (Å²) in [5.74, 6) is 0. The third-order valence-electron chi connectivity index (χ3n) is 7.16. The van der Waals surface area contributed by atoms with Crippen LogP contribution in [0.15, 0.2) is 106 Å². The molecule has 8 rings (SSSR count). The number of benzene rings is 4. The summed E-state index contributed by atoms with van der Waals surface area (Å²) in [5.41, 5.74) is 13.0. The first-order valence-electron chi connectivity index (χ1n) is 12.9. The summed E-state index contributed by atoms with van der Waals surface area (Å²) in [6.07, 6.45) is 0. The van der Waals surface area contributed by atoms with Crippen molar-refractivity contribution in [3.05, 3.63) is 117 Å². The summed E-state index contributed by atoms with van der Waals surface area (Å²) in [5, 5.41) is 6.82. The number of nitrogens with zero attached hydrogens (tertiary/aromatic N) is 4. The summed E-state index contributed by atoms with van der Waals surface area (Å²) < 4.78 is 6.27. The van der Waals surface area contributed by atoms with E-state index in [1.165, 1.54) is 0 Å². The average molecular weight is 652 g/mol. The number of aromatic nitrogens is 6. The van der Waals surface area contributed by atoms with E-state index in [0.29, 0.717) is 0 Å². The van der Waals surface area contributed by atoms with Gasteiger partial charge in [0, 0.05) is 42.6 Å². The van der Waals surface area contributed by atoms with Crippen molar-refractivity contribution in [2.24, 2.45) is 0 Å². The van der Waals surface area contributed by atoms with E-state index in [-0.39, 0.29) is 0 Å². The van der Waals surface area contributed by atoms with Crippen molar-refractivity contribution in [1.29, 1.82) is 0 Å². The van der Waals surface area contributed by atoms with E-state index in [2.05, 4.69) is 101 Å². The maximum absolute atomic E-state index is 4.76. The van der Waals surface area contributed by atoms with Crippen molar-refractivity contribution in [1.82, 2.24) is 29.2 Å². The number of rotatable bonds is 2. The summed E-state index contributed by atoms with van der Waals surface area (Å²) in [7, 11) is 0. The Kier molecular flexibility index (Phi) is 6.09. The molecule has 0 unspecified atom stereocenters. The second kappa shape index (κ2) is 9.80. The lowest BCUT2D eigenvalue weighted by molar-refractivity contribution is 0.974. The van der Waals surface area contributed by atoms with Gasteiger partial charge in [0.25, 0.3) is 0 Å². The van der Waals surface area contributed by atoms with Gasteiger partial charge in [-0.1, -0.05) is 92.5 Å². The van der Waals surface area contributed by atoms with Crippen LogP contribution in [-0.2, 0) is 0 Å². The Morgan fingerprint density at radius 2 is 0.900 bits per heavy atom. The molecule has 0 saturated carbocycles. The molecule has 8 aromatic rings. The predicted molar refractivity (Wildman–Crippen MR) is 170 cm³/mol. The van der Waals surface area contributed by atoms with Crippen molar-refractivity contribution < 1.29 is 0 Å². The summed E-state index contributed by atoms with van der Waals surface area (Å²) >= 11 is 7.26. The number of nitrogens with one attached hydrogen (secondary N) is 2. The summed E-state index contributed by atoms with van der Waals surface area (Å²) in [6.45, 7) is 4.16. The minimum atomic E-state index is 0.968. The fourth-order valence-electron chi connectivity index (χ4n) is 5.37. The highest BCUT2D eigenvalue weighted by Gasteiger charge is 2.18. The third-order valence-corrected chi connectivity index (χ3v) is 8.55.